The average molecular weight is 148 g/mol. The monoisotopic (exact) mass is 148 g/mol. The number of benzene rings is 1. The molecule has 2 N–H and O–H groups in total. The van der Waals surface area contributed by atoms with Crippen LogP contribution in [0.3, 0.4) is 0 Å². The summed E-state index contributed by atoms with van der Waals surface area (Å²) in [5, 5.41) is 8.27. The van der Waals surface area contributed by atoms with Gasteiger partial charge in [-0.3, -0.25) is 0 Å². The van der Waals surface area contributed by atoms with E-state index < -0.39 is 0 Å². The van der Waals surface area contributed by atoms with E-state index in [0.29, 0.717) is 6.42 Å². The number of nitriles is 1. The SMILES string of the molecule is CN.N#CCc1ccccc1. The van der Waals surface area contributed by atoms with Crippen molar-refractivity contribution < 1.29 is 0 Å². The Labute approximate surface area is 67.3 Å². The molecular formula is C9H12N2. The van der Waals surface area contributed by atoms with Crippen LogP contribution in [0.4, 0.5) is 0 Å². The standard InChI is InChI=1S/C8H7N.CH5N/c9-7-6-8-4-2-1-3-5-8;1-2/h1-5H,6H2;2H2,1H3. The zero-order valence-corrected chi connectivity index (χ0v) is 6.62. The van der Waals surface area contributed by atoms with Gasteiger partial charge in [-0.15, -0.1) is 0 Å². The second kappa shape index (κ2) is 6.79. The molecule has 0 spiro atoms. The third-order valence-electron chi connectivity index (χ3n) is 1.13. The van der Waals surface area contributed by atoms with Crippen LogP contribution < -0.4 is 5.73 Å². The third kappa shape index (κ3) is 4.12. The Kier molecular flexibility index (Phi) is 5.96. The molecule has 0 aromatic heterocycles. The van der Waals surface area contributed by atoms with Crippen LogP contribution in [0, 0.1) is 11.3 Å². The van der Waals surface area contributed by atoms with Crippen molar-refractivity contribution in [3.63, 3.8) is 0 Å². The van der Waals surface area contributed by atoms with Crippen LogP contribution in [-0.2, 0) is 6.42 Å². The van der Waals surface area contributed by atoms with Crippen molar-refractivity contribution in [3.05, 3.63) is 35.9 Å². The van der Waals surface area contributed by atoms with Gasteiger partial charge < -0.3 is 5.73 Å². The minimum absolute atomic E-state index is 0.515. The molecular weight excluding hydrogens is 136 g/mol. The van der Waals surface area contributed by atoms with E-state index in [1.807, 2.05) is 30.3 Å². The molecule has 0 aliphatic heterocycles. The number of hydrogen-bond acceptors (Lipinski definition) is 2. The molecule has 0 fully saturated rings. The van der Waals surface area contributed by atoms with Crippen LogP contribution in [0.15, 0.2) is 30.3 Å². The molecule has 58 valence electrons. The van der Waals surface area contributed by atoms with E-state index in [9.17, 15) is 0 Å². The second-order valence-corrected chi connectivity index (χ2v) is 1.82. The maximum absolute atomic E-state index is 8.27. The van der Waals surface area contributed by atoms with E-state index in [4.69, 9.17) is 5.26 Å². The van der Waals surface area contributed by atoms with Gasteiger partial charge in [-0.25, -0.2) is 0 Å². The molecule has 2 nitrogen and oxygen atoms in total. The maximum Gasteiger partial charge on any atom is 0.0669 e. The molecule has 0 saturated heterocycles. The molecule has 11 heavy (non-hydrogen) atoms. The van der Waals surface area contributed by atoms with Crippen LogP contribution in [0.25, 0.3) is 0 Å². The smallest absolute Gasteiger partial charge is 0.0669 e. The van der Waals surface area contributed by atoms with Gasteiger partial charge in [0, 0.05) is 0 Å². The van der Waals surface area contributed by atoms with Crippen molar-refractivity contribution in [2.75, 3.05) is 7.05 Å². The summed E-state index contributed by atoms with van der Waals surface area (Å²) in [6.45, 7) is 0. The number of nitrogens with two attached hydrogens (primary N) is 1. The molecule has 0 bridgehead atoms. The molecule has 0 amide bonds. The summed E-state index contributed by atoms with van der Waals surface area (Å²) in [5.41, 5.74) is 5.58. The quantitative estimate of drug-likeness (QED) is 0.653. The van der Waals surface area contributed by atoms with Gasteiger partial charge in [-0.05, 0) is 12.6 Å². The van der Waals surface area contributed by atoms with Gasteiger partial charge in [-0.1, -0.05) is 30.3 Å². The average Bonchev–Trinajstić information content (AvgIpc) is 2.11. The topological polar surface area (TPSA) is 49.8 Å². The third-order valence-corrected chi connectivity index (χ3v) is 1.13. The first-order chi connectivity index (χ1) is 5.43. The van der Waals surface area contributed by atoms with Crippen molar-refractivity contribution in [2.24, 2.45) is 5.73 Å². The minimum atomic E-state index is 0.515. The Balaban J connectivity index is 0.000000461. The van der Waals surface area contributed by atoms with Crippen LogP contribution in [0.1, 0.15) is 5.56 Å². The Hall–Kier alpha value is -1.33. The van der Waals surface area contributed by atoms with E-state index in [2.05, 4.69) is 11.8 Å². The van der Waals surface area contributed by atoms with Crippen molar-refractivity contribution >= 4 is 0 Å². The van der Waals surface area contributed by atoms with Gasteiger partial charge in [0.15, 0.2) is 0 Å². The molecule has 0 heterocycles. The highest BCUT2D eigenvalue weighted by Gasteiger charge is 1.84. The van der Waals surface area contributed by atoms with Crippen LogP contribution >= 0.6 is 0 Å². The van der Waals surface area contributed by atoms with E-state index in [1.54, 1.807) is 0 Å². The first-order valence-corrected chi connectivity index (χ1v) is 3.42. The lowest BCUT2D eigenvalue weighted by molar-refractivity contribution is 1.26. The Morgan fingerprint density at radius 3 is 2.27 bits per heavy atom. The highest BCUT2D eigenvalue weighted by molar-refractivity contribution is 5.17. The largest absolute Gasteiger partial charge is 0.333 e. The summed E-state index contributed by atoms with van der Waals surface area (Å²) >= 11 is 0. The van der Waals surface area contributed by atoms with Gasteiger partial charge in [-0.2, -0.15) is 5.26 Å². The first-order valence-electron chi connectivity index (χ1n) is 3.42. The van der Waals surface area contributed by atoms with E-state index in [0.717, 1.165) is 5.56 Å². The predicted octanol–water partition coefficient (Wildman–Crippen LogP) is 1.33. The van der Waals surface area contributed by atoms with E-state index in [1.165, 1.54) is 7.05 Å². The fraction of sp³-hybridized carbons (Fsp3) is 0.222. The molecule has 0 unspecified atom stereocenters. The van der Waals surface area contributed by atoms with Crippen molar-refractivity contribution in [1.29, 1.82) is 5.26 Å². The summed E-state index contributed by atoms with van der Waals surface area (Å²) in [4.78, 5) is 0. The van der Waals surface area contributed by atoms with Crippen LogP contribution in [0.2, 0.25) is 0 Å². The molecule has 0 radical (unpaired) electrons. The van der Waals surface area contributed by atoms with E-state index >= 15 is 0 Å². The molecule has 1 rings (SSSR count). The number of rotatable bonds is 1. The molecule has 1 aromatic rings. The minimum Gasteiger partial charge on any atom is -0.333 e. The van der Waals surface area contributed by atoms with E-state index in [-0.39, 0.29) is 0 Å². The summed E-state index contributed by atoms with van der Waals surface area (Å²) in [5.74, 6) is 0. The summed E-state index contributed by atoms with van der Waals surface area (Å²) in [6.07, 6.45) is 0.515. The predicted molar refractivity (Wildman–Crippen MR) is 45.9 cm³/mol. The van der Waals surface area contributed by atoms with Crippen LogP contribution in [-0.4, -0.2) is 7.05 Å². The van der Waals surface area contributed by atoms with Crippen molar-refractivity contribution in [1.82, 2.24) is 0 Å². The van der Waals surface area contributed by atoms with Gasteiger partial charge in [0.1, 0.15) is 0 Å². The van der Waals surface area contributed by atoms with Gasteiger partial charge in [0.25, 0.3) is 0 Å². The zero-order chi connectivity index (χ0) is 8.53. The highest BCUT2D eigenvalue weighted by Crippen LogP contribution is 1.96. The molecule has 2 heteroatoms. The van der Waals surface area contributed by atoms with Gasteiger partial charge in [0.05, 0.1) is 12.5 Å². The van der Waals surface area contributed by atoms with Crippen molar-refractivity contribution in [3.8, 4) is 6.07 Å². The van der Waals surface area contributed by atoms with Crippen molar-refractivity contribution in [2.45, 2.75) is 6.42 Å². The lowest BCUT2D eigenvalue weighted by Gasteiger charge is -1.88. The Bertz CT molecular complexity index is 211. The molecule has 0 atom stereocenters. The van der Waals surface area contributed by atoms with Gasteiger partial charge >= 0.3 is 0 Å². The Morgan fingerprint density at radius 1 is 1.27 bits per heavy atom. The van der Waals surface area contributed by atoms with Crippen LogP contribution in [0.5, 0.6) is 0 Å². The fourth-order valence-corrected chi connectivity index (χ4v) is 0.687. The zero-order valence-electron chi connectivity index (χ0n) is 6.62. The fourth-order valence-electron chi connectivity index (χ4n) is 0.687. The summed E-state index contributed by atoms with van der Waals surface area (Å²) < 4.78 is 0. The summed E-state index contributed by atoms with van der Waals surface area (Å²) in [7, 11) is 1.50. The lowest BCUT2D eigenvalue weighted by Crippen LogP contribution is -1.76. The number of nitrogens with zero attached hydrogens (tertiary/aromatic N) is 1. The Morgan fingerprint density at radius 2 is 1.82 bits per heavy atom. The molecule has 0 aliphatic carbocycles. The second-order valence-electron chi connectivity index (χ2n) is 1.82. The maximum atomic E-state index is 8.27. The molecule has 1 aromatic carbocycles. The highest BCUT2D eigenvalue weighted by atomic mass is 14.4. The molecule has 0 aliphatic rings. The number of hydrogen-bond donors (Lipinski definition) is 1. The lowest BCUT2D eigenvalue weighted by atomic mass is 10.2. The normalized spacial score (nSPS) is 7.36. The summed E-state index contributed by atoms with van der Waals surface area (Å²) in [6, 6.07) is 11.8. The first kappa shape index (κ1) is 9.67. The molecule has 0 saturated carbocycles. The van der Waals surface area contributed by atoms with Gasteiger partial charge in [0.2, 0.25) is 0 Å².